The molecule has 4 heteroatoms. The van der Waals surface area contributed by atoms with Crippen LogP contribution in [0.2, 0.25) is 0 Å². The van der Waals surface area contributed by atoms with E-state index in [1.807, 2.05) is 6.92 Å². The number of unbranched alkanes of at least 4 members (excludes halogenated alkanes) is 3. The van der Waals surface area contributed by atoms with E-state index in [4.69, 9.17) is 10.5 Å². The molecule has 0 aliphatic heterocycles. The lowest BCUT2D eigenvalue weighted by Gasteiger charge is -2.17. The molecule has 0 fully saturated rings. The minimum Gasteiger partial charge on any atom is -0.383 e. The van der Waals surface area contributed by atoms with E-state index in [1.165, 1.54) is 19.3 Å². The second kappa shape index (κ2) is 9.60. The van der Waals surface area contributed by atoms with Crippen LogP contribution in [0.1, 0.15) is 46.0 Å². The van der Waals surface area contributed by atoms with Gasteiger partial charge in [-0.3, -0.25) is 4.79 Å². The fraction of sp³-hybridized carbons (Fsp3) is 0.917. The topological polar surface area (TPSA) is 64.4 Å². The van der Waals surface area contributed by atoms with Crippen molar-refractivity contribution >= 4 is 5.91 Å². The summed E-state index contributed by atoms with van der Waals surface area (Å²) in [6, 6.07) is -0.352. The Morgan fingerprint density at radius 1 is 1.38 bits per heavy atom. The zero-order chi connectivity index (χ0) is 12.4. The van der Waals surface area contributed by atoms with Crippen LogP contribution in [0.4, 0.5) is 0 Å². The molecule has 0 rings (SSSR count). The van der Waals surface area contributed by atoms with Gasteiger partial charge in [0.15, 0.2) is 0 Å². The van der Waals surface area contributed by atoms with Crippen LogP contribution in [0, 0.1) is 0 Å². The maximum absolute atomic E-state index is 11.5. The van der Waals surface area contributed by atoms with Crippen molar-refractivity contribution in [2.24, 2.45) is 5.73 Å². The third kappa shape index (κ3) is 7.65. The lowest BCUT2D eigenvalue weighted by atomic mass is 10.1. The van der Waals surface area contributed by atoms with Crippen LogP contribution in [0.25, 0.3) is 0 Å². The van der Waals surface area contributed by atoms with Crippen LogP contribution >= 0.6 is 0 Å². The summed E-state index contributed by atoms with van der Waals surface area (Å²) in [5, 5.41) is 2.90. The number of methoxy groups -OCH3 is 1. The number of amides is 1. The molecule has 0 spiro atoms. The Labute approximate surface area is 98.9 Å². The van der Waals surface area contributed by atoms with Gasteiger partial charge in [0.2, 0.25) is 5.91 Å². The molecule has 0 aromatic carbocycles. The third-order valence-electron chi connectivity index (χ3n) is 2.56. The van der Waals surface area contributed by atoms with Gasteiger partial charge in [0.1, 0.15) is 6.04 Å². The number of ether oxygens (including phenoxy) is 1. The summed E-state index contributed by atoms with van der Waals surface area (Å²) in [4.78, 5) is 11.5. The van der Waals surface area contributed by atoms with Crippen molar-refractivity contribution in [1.82, 2.24) is 5.32 Å². The highest BCUT2D eigenvalue weighted by atomic mass is 16.5. The SMILES string of the molecule is CCCCCCC(C)NC(=O)C(N)COC. The number of rotatable bonds is 9. The van der Waals surface area contributed by atoms with E-state index >= 15 is 0 Å². The molecule has 0 saturated heterocycles. The van der Waals surface area contributed by atoms with Crippen molar-refractivity contribution in [3.63, 3.8) is 0 Å². The molecule has 4 nitrogen and oxygen atoms in total. The van der Waals surface area contributed by atoms with Crippen LogP contribution in [0.15, 0.2) is 0 Å². The highest BCUT2D eigenvalue weighted by Crippen LogP contribution is 2.05. The first-order valence-electron chi connectivity index (χ1n) is 6.16. The Hall–Kier alpha value is -0.610. The molecule has 3 N–H and O–H groups in total. The van der Waals surface area contributed by atoms with Crippen LogP contribution in [-0.4, -0.2) is 31.7 Å². The molecule has 96 valence electrons. The van der Waals surface area contributed by atoms with Crippen molar-refractivity contribution in [2.45, 2.75) is 58.0 Å². The maximum atomic E-state index is 11.5. The molecule has 2 unspecified atom stereocenters. The molecule has 2 atom stereocenters. The van der Waals surface area contributed by atoms with Crippen LogP contribution in [-0.2, 0) is 9.53 Å². The van der Waals surface area contributed by atoms with Gasteiger partial charge in [-0.05, 0) is 13.3 Å². The first-order chi connectivity index (χ1) is 7.61. The molecule has 0 aromatic rings. The zero-order valence-corrected chi connectivity index (χ0v) is 10.8. The predicted octanol–water partition coefficient (Wildman–Crippen LogP) is 1.44. The van der Waals surface area contributed by atoms with Gasteiger partial charge >= 0.3 is 0 Å². The van der Waals surface area contributed by atoms with E-state index in [0.29, 0.717) is 0 Å². The Kier molecular flexibility index (Phi) is 9.24. The number of nitrogens with two attached hydrogens (primary N) is 1. The molecular formula is C12H26N2O2. The first-order valence-corrected chi connectivity index (χ1v) is 6.16. The summed E-state index contributed by atoms with van der Waals surface area (Å²) < 4.78 is 4.83. The monoisotopic (exact) mass is 230 g/mol. The first kappa shape index (κ1) is 15.4. The average Bonchev–Trinajstić information content (AvgIpc) is 2.24. The molecule has 0 aliphatic rings. The summed E-state index contributed by atoms with van der Waals surface area (Å²) >= 11 is 0. The number of nitrogens with one attached hydrogen (secondary N) is 1. The Morgan fingerprint density at radius 2 is 2.06 bits per heavy atom. The highest BCUT2D eigenvalue weighted by molar-refractivity contribution is 5.81. The molecule has 0 aromatic heterocycles. The summed E-state index contributed by atoms with van der Waals surface area (Å²) in [5.41, 5.74) is 5.62. The maximum Gasteiger partial charge on any atom is 0.239 e. The number of carbonyl (C=O) groups is 1. The molecule has 16 heavy (non-hydrogen) atoms. The van der Waals surface area contributed by atoms with Crippen LogP contribution in [0.3, 0.4) is 0 Å². The van der Waals surface area contributed by atoms with E-state index in [9.17, 15) is 4.79 Å². The number of hydrogen-bond acceptors (Lipinski definition) is 3. The quantitative estimate of drug-likeness (QED) is 0.589. The Balaban J connectivity index is 3.61. The summed E-state index contributed by atoms with van der Waals surface area (Å²) in [7, 11) is 1.54. The second-order valence-electron chi connectivity index (χ2n) is 4.32. The zero-order valence-electron chi connectivity index (χ0n) is 10.8. The predicted molar refractivity (Wildman–Crippen MR) is 66.2 cm³/mol. The molecule has 0 heterocycles. The van der Waals surface area contributed by atoms with Gasteiger partial charge in [-0.1, -0.05) is 32.6 Å². The summed E-state index contributed by atoms with van der Waals surface area (Å²) in [6.45, 7) is 4.48. The fourth-order valence-electron chi connectivity index (χ4n) is 1.55. The molecule has 0 bridgehead atoms. The highest BCUT2D eigenvalue weighted by Gasteiger charge is 2.14. The van der Waals surface area contributed by atoms with Crippen LogP contribution in [0.5, 0.6) is 0 Å². The van der Waals surface area contributed by atoms with Crippen molar-refractivity contribution in [3.8, 4) is 0 Å². The minimum absolute atomic E-state index is 0.121. The third-order valence-corrected chi connectivity index (χ3v) is 2.56. The van der Waals surface area contributed by atoms with Gasteiger partial charge in [0.05, 0.1) is 6.61 Å². The van der Waals surface area contributed by atoms with Crippen molar-refractivity contribution in [2.75, 3.05) is 13.7 Å². The second-order valence-corrected chi connectivity index (χ2v) is 4.32. The van der Waals surface area contributed by atoms with E-state index < -0.39 is 6.04 Å². The lowest BCUT2D eigenvalue weighted by Crippen LogP contribution is -2.46. The number of carbonyl (C=O) groups excluding carboxylic acids is 1. The lowest BCUT2D eigenvalue weighted by molar-refractivity contribution is -0.124. The van der Waals surface area contributed by atoms with Crippen molar-refractivity contribution in [1.29, 1.82) is 0 Å². The Morgan fingerprint density at radius 3 is 2.62 bits per heavy atom. The molecule has 0 radical (unpaired) electrons. The molecule has 0 aliphatic carbocycles. The van der Waals surface area contributed by atoms with Gasteiger partial charge in [0, 0.05) is 13.2 Å². The van der Waals surface area contributed by atoms with Crippen molar-refractivity contribution in [3.05, 3.63) is 0 Å². The van der Waals surface area contributed by atoms with E-state index in [0.717, 1.165) is 12.8 Å². The van der Waals surface area contributed by atoms with Gasteiger partial charge in [0.25, 0.3) is 0 Å². The van der Waals surface area contributed by atoms with E-state index in [1.54, 1.807) is 7.11 Å². The van der Waals surface area contributed by atoms with Gasteiger partial charge in [-0.25, -0.2) is 0 Å². The average molecular weight is 230 g/mol. The van der Waals surface area contributed by atoms with Gasteiger partial charge < -0.3 is 15.8 Å². The molecule has 0 saturated carbocycles. The Bertz CT molecular complexity index is 186. The minimum atomic E-state index is -0.553. The van der Waals surface area contributed by atoms with Gasteiger partial charge in [-0.15, -0.1) is 0 Å². The normalized spacial score (nSPS) is 14.5. The smallest absolute Gasteiger partial charge is 0.239 e. The molecule has 1 amide bonds. The summed E-state index contributed by atoms with van der Waals surface area (Å²) in [5.74, 6) is -0.121. The van der Waals surface area contributed by atoms with E-state index in [-0.39, 0.29) is 18.6 Å². The number of hydrogen-bond donors (Lipinski definition) is 2. The van der Waals surface area contributed by atoms with E-state index in [2.05, 4.69) is 12.2 Å². The largest absolute Gasteiger partial charge is 0.383 e. The fourth-order valence-corrected chi connectivity index (χ4v) is 1.55. The standard InChI is InChI=1S/C12H26N2O2/c1-4-5-6-7-8-10(2)14-12(15)11(13)9-16-3/h10-11H,4-9,13H2,1-3H3,(H,14,15). The van der Waals surface area contributed by atoms with Gasteiger partial charge in [-0.2, -0.15) is 0 Å². The summed E-state index contributed by atoms with van der Waals surface area (Å²) in [6.07, 6.45) is 5.92. The van der Waals surface area contributed by atoms with Crippen LogP contribution < -0.4 is 11.1 Å². The molecular weight excluding hydrogens is 204 g/mol. The van der Waals surface area contributed by atoms with Crippen molar-refractivity contribution < 1.29 is 9.53 Å².